The van der Waals surface area contributed by atoms with Gasteiger partial charge in [0.15, 0.2) is 11.8 Å². The number of aromatic nitrogens is 3. The Hall–Kier alpha value is -3.33. The van der Waals surface area contributed by atoms with Crippen molar-refractivity contribution < 1.29 is 14.3 Å². The number of para-hydroxylation sites is 2. The zero-order valence-corrected chi connectivity index (χ0v) is 15.8. The largest absolute Gasteiger partial charge is 0.482 e. The van der Waals surface area contributed by atoms with Gasteiger partial charge < -0.3 is 14.6 Å². The molecule has 9 heteroatoms. The van der Waals surface area contributed by atoms with Gasteiger partial charge in [0.1, 0.15) is 18.6 Å². The van der Waals surface area contributed by atoms with Crippen LogP contribution in [0.15, 0.2) is 64.9 Å². The molecule has 0 fully saturated rings. The number of hydrogen-bond acceptors (Lipinski definition) is 6. The van der Waals surface area contributed by atoms with Crippen LogP contribution in [0.5, 0.6) is 5.75 Å². The van der Waals surface area contributed by atoms with Gasteiger partial charge in [0.05, 0.1) is 5.69 Å². The molecule has 2 heterocycles. The first-order valence-electron chi connectivity index (χ1n) is 8.54. The number of amides is 2. The highest BCUT2D eigenvalue weighted by Crippen LogP contribution is 2.31. The number of fused-ring (bicyclic) bond motifs is 1. The maximum atomic E-state index is 12.4. The van der Waals surface area contributed by atoms with Crippen molar-refractivity contribution in [2.75, 3.05) is 23.4 Å². The second-order valence-corrected chi connectivity index (χ2v) is 7.18. The molecule has 0 saturated heterocycles. The Bertz CT molecular complexity index is 1020. The molecule has 28 heavy (non-hydrogen) atoms. The molecule has 1 N–H and O–H groups in total. The van der Waals surface area contributed by atoms with Crippen molar-refractivity contribution in [2.24, 2.45) is 7.05 Å². The van der Waals surface area contributed by atoms with Crippen LogP contribution in [0.4, 0.5) is 11.4 Å². The Morgan fingerprint density at radius 2 is 2.00 bits per heavy atom. The van der Waals surface area contributed by atoms with Crippen molar-refractivity contribution in [2.45, 2.75) is 10.1 Å². The standard InChI is InChI=1S/C19H17N5O3S/c1-23-12-20-22-19(23)28-14-8-6-13(7-9-14)21-17(25)10-24-15-4-2-3-5-16(15)27-11-18(24)26/h2-9,12H,10-11H2,1H3,(H,21,25). The van der Waals surface area contributed by atoms with Gasteiger partial charge in [-0.3, -0.25) is 14.5 Å². The van der Waals surface area contributed by atoms with E-state index in [0.717, 1.165) is 10.1 Å². The summed E-state index contributed by atoms with van der Waals surface area (Å²) in [5.41, 5.74) is 1.26. The van der Waals surface area contributed by atoms with Crippen molar-refractivity contribution in [3.63, 3.8) is 0 Å². The fourth-order valence-corrected chi connectivity index (χ4v) is 3.51. The van der Waals surface area contributed by atoms with Gasteiger partial charge in [0.25, 0.3) is 5.91 Å². The first-order chi connectivity index (χ1) is 13.6. The van der Waals surface area contributed by atoms with Gasteiger partial charge in [-0.25, -0.2) is 0 Å². The quantitative estimate of drug-likeness (QED) is 0.713. The second-order valence-electron chi connectivity index (χ2n) is 6.14. The molecule has 0 aliphatic carbocycles. The number of nitrogens with zero attached hydrogens (tertiary/aromatic N) is 4. The average Bonchev–Trinajstić information content (AvgIpc) is 3.10. The smallest absolute Gasteiger partial charge is 0.265 e. The number of ether oxygens (including phenoxy) is 1. The van der Waals surface area contributed by atoms with Crippen molar-refractivity contribution in [1.29, 1.82) is 0 Å². The molecule has 0 unspecified atom stereocenters. The molecule has 2 aromatic carbocycles. The summed E-state index contributed by atoms with van der Waals surface area (Å²) in [4.78, 5) is 27.0. The Kier molecular flexibility index (Phi) is 4.98. The lowest BCUT2D eigenvalue weighted by atomic mass is 10.2. The molecule has 3 aromatic rings. The van der Waals surface area contributed by atoms with Gasteiger partial charge in [-0.15, -0.1) is 10.2 Å². The zero-order chi connectivity index (χ0) is 19.5. The van der Waals surface area contributed by atoms with E-state index in [1.54, 1.807) is 24.5 Å². The van der Waals surface area contributed by atoms with Crippen LogP contribution in [0.1, 0.15) is 0 Å². The van der Waals surface area contributed by atoms with E-state index in [4.69, 9.17) is 4.74 Å². The summed E-state index contributed by atoms with van der Waals surface area (Å²) < 4.78 is 7.22. The molecule has 1 aromatic heterocycles. The molecule has 1 aliphatic rings. The number of benzene rings is 2. The lowest BCUT2D eigenvalue weighted by molar-refractivity contribution is -0.123. The number of aryl methyl sites for hydroxylation is 1. The average molecular weight is 395 g/mol. The SMILES string of the molecule is Cn1cnnc1Sc1ccc(NC(=O)CN2C(=O)COc3ccccc32)cc1. The monoisotopic (exact) mass is 395 g/mol. The summed E-state index contributed by atoms with van der Waals surface area (Å²) in [6.07, 6.45) is 1.64. The second kappa shape index (κ2) is 7.73. The number of carbonyl (C=O) groups excluding carboxylic acids is 2. The molecule has 0 radical (unpaired) electrons. The van der Waals surface area contributed by atoms with Crippen LogP contribution in [0.25, 0.3) is 0 Å². The van der Waals surface area contributed by atoms with Crippen LogP contribution in [-0.2, 0) is 16.6 Å². The number of rotatable bonds is 5. The van der Waals surface area contributed by atoms with Crippen molar-refractivity contribution in [1.82, 2.24) is 14.8 Å². The van der Waals surface area contributed by atoms with Crippen LogP contribution in [0.3, 0.4) is 0 Å². The van der Waals surface area contributed by atoms with Gasteiger partial charge in [-0.2, -0.15) is 0 Å². The van der Waals surface area contributed by atoms with Crippen LogP contribution >= 0.6 is 11.8 Å². The van der Waals surface area contributed by atoms with Crippen LogP contribution in [0, 0.1) is 0 Å². The normalized spacial score (nSPS) is 13.0. The van der Waals surface area contributed by atoms with E-state index < -0.39 is 0 Å². The summed E-state index contributed by atoms with van der Waals surface area (Å²) in [7, 11) is 1.88. The lowest BCUT2D eigenvalue weighted by Crippen LogP contribution is -2.43. The summed E-state index contributed by atoms with van der Waals surface area (Å²) in [5.74, 6) is 0.0723. The molecule has 0 bridgehead atoms. The highest BCUT2D eigenvalue weighted by Gasteiger charge is 2.26. The number of nitrogens with one attached hydrogen (secondary N) is 1. The van der Waals surface area contributed by atoms with E-state index in [1.165, 1.54) is 16.7 Å². The number of carbonyl (C=O) groups is 2. The topological polar surface area (TPSA) is 89.4 Å². The third kappa shape index (κ3) is 3.84. The summed E-state index contributed by atoms with van der Waals surface area (Å²) >= 11 is 1.48. The zero-order valence-electron chi connectivity index (χ0n) is 15.0. The molecule has 0 spiro atoms. The van der Waals surface area contributed by atoms with E-state index in [0.29, 0.717) is 17.1 Å². The maximum absolute atomic E-state index is 12.4. The van der Waals surface area contributed by atoms with E-state index in [2.05, 4.69) is 15.5 Å². The lowest BCUT2D eigenvalue weighted by Gasteiger charge is -2.28. The Balaban J connectivity index is 1.40. The third-order valence-electron chi connectivity index (χ3n) is 4.13. The van der Waals surface area contributed by atoms with Gasteiger partial charge in [-0.1, -0.05) is 12.1 Å². The Morgan fingerprint density at radius 1 is 1.21 bits per heavy atom. The van der Waals surface area contributed by atoms with Crippen molar-refractivity contribution in [3.05, 3.63) is 54.9 Å². The summed E-state index contributed by atoms with van der Waals surface area (Å²) in [6, 6.07) is 14.6. The molecule has 142 valence electrons. The Morgan fingerprint density at radius 3 is 2.75 bits per heavy atom. The van der Waals surface area contributed by atoms with Gasteiger partial charge in [0.2, 0.25) is 5.91 Å². The third-order valence-corrected chi connectivity index (χ3v) is 5.19. The number of hydrogen-bond donors (Lipinski definition) is 1. The van der Waals surface area contributed by atoms with Gasteiger partial charge in [0, 0.05) is 17.6 Å². The molecule has 2 amide bonds. The molecular weight excluding hydrogens is 378 g/mol. The summed E-state index contributed by atoms with van der Waals surface area (Å²) in [6.45, 7) is -0.146. The Labute approximate surface area is 165 Å². The van der Waals surface area contributed by atoms with E-state index in [9.17, 15) is 9.59 Å². The predicted octanol–water partition coefficient (Wildman–Crippen LogP) is 2.33. The predicted molar refractivity (Wildman–Crippen MR) is 104 cm³/mol. The fraction of sp³-hybridized carbons (Fsp3) is 0.158. The molecule has 0 atom stereocenters. The van der Waals surface area contributed by atoms with Gasteiger partial charge in [-0.05, 0) is 48.2 Å². The van der Waals surface area contributed by atoms with E-state index in [-0.39, 0.29) is 25.0 Å². The van der Waals surface area contributed by atoms with E-state index in [1.807, 2.05) is 41.9 Å². The maximum Gasteiger partial charge on any atom is 0.265 e. The first kappa shape index (κ1) is 18.1. The van der Waals surface area contributed by atoms with Crippen molar-refractivity contribution in [3.8, 4) is 5.75 Å². The molecule has 1 aliphatic heterocycles. The minimum absolute atomic E-state index is 0.0712. The van der Waals surface area contributed by atoms with Crippen molar-refractivity contribution >= 4 is 35.0 Å². The number of anilines is 2. The van der Waals surface area contributed by atoms with Crippen LogP contribution in [0.2, 0.25) is 0 Å². The molecular formula is C19H17N5O3S. The highest BCUT2D eigenvalue weighted by molar-refractivity contribution is 7.99. The molecule has 4 rings (SSSR count). The summed E-state index contributed by atoms with van der Waals surface area (Å²) in [5, 5.41) is 11.5. The minimum atomic E-state index is -0.279. The van der Waals surface area contributed by atoms with Crippen LogP contribution < -0.4 is 15.0 Å². The minimum Gasteiger partial charge on any atom is -0.482 e. The highest BCUT2D eigenvalue weighted by atomic mass is 32.2. The van der Waals surface area contributed by atoms with Crippen LogP contribution in [-0.4, -0.2) is 39.7 Å². The first-order valence-corrected chi connectivity index (χ1v) is 9.36. The van der Waals surface area contributed by atoms with Gasteiger partial charge >= 0.3 is 0 Å². The van der Waals surface area contributed by atoms with E-state index >= 15 is 0 Å². The molecule has 0 saturated carbocycles. The molecule has 8 nitrogen and oxygen atoms in total. The fourth-order valence-electron chi connectivity index (χ4n) is 2.75.